The summed E-state index contributed by atoms with van der Waals surface area (Å²) in [6.07, 6.45) is 2.06. The van der Waals surface area contributed by atoms with Crippen LogP contribution in [0.15, 0.2) is 53.4 Å². The molecule has 27 heavy (non-hydrogen) atoms. The molecule has 13 heteroatoms. The average Bonchev–Trinajstić information content (AvgIpc) is 2.43. The van der Waals surface area contributed by atoms with E-state index in [0.717, 1.165) is 18.6 Å². The molecule has 0 unspecified atom stereocenters. The molecule has 0 atom stereocenters. The highest BCUT2D eigenvalue weighted by Gasteiger charge is 2.11. The number of anilines is 3. The molecule has 0 heterocycles. The van der Waals surface area contributed by atoms with Crippen LogP contribution in [-0.4, -0.2) is 37.8 Å². The molecule has 0 bridgehead atoms. The van der Waals surface area contributed by atoms with Crippen LogP contribution in [0.3, 0.4) is 0 Å². The summed E-state index contributed by atoms with van der Waals surface area (Å²) in [6.45, 7) is 0. The molecule has 0 aliphatic heterocycles. The average molecular weight is 456 g/mol. The van der Waals surface area contributed by atoms with Crippen LogP contribution in [0.4, 0.5) is 17.1 Å². The van der Waals surface area contributed by atoms with Crippen LogP contribution in [-0.2, 0) is 29.1 Å². The minimum atomic E-state index is -3.84. The SMILES string of the molecule is CS(=O)(=O)Nc1cccc(N)c1.CS(=O)(=O)Nc1cccc(S(=O)(=O)Cl)c1. The maximum atomic E-state index is 10.9. The van der Waals surface area contributed by atoms with Crippen LogP contribution in [0.25, 0.3) is 0 Å². The van der Waals surface area contributed by atoms with Crippen molar-refractivity contribution in [3.05, 3.63) is 48.5 Å². The lowest BCUT2D eigenvalue weighted by Gasteiger charge is -2.04. The first-order valence-electron chi connectivity index (χ1n) is 7.01. The highest BCUT2D eigenvalue weighted by atomic mass is 35.7. The number of rotatable bonds is 5. The van der Waals surface area contributed by atoms with Crippen molar-refractivity contribution in [1.82, 2.24) is 0 Å². The number of halogens is 1. The van der Waals surface area contributed by atoms with Crippen LogP contribution in [0.5, 0.6) is 0 Å². The van der Waals surface area contributed by atoms with Gasteiger partial charge in [0.1, 0.15) is 0 Å². The standard InChI is InChI=1S/C7H8ClNO4S2.C7H10N2O2S/c1-14(10,11)9-6-3-2-4-7(5-6)15(8,12)13;1-12(10,11)9-7-4-2-3-6(8)5-7/h2-5,9H,1H3;2-5,9H,8H2,1H3. The van der Waals surface area contributed by atoms with Crippen LogP contribution in [0.1, 0.15) is 0 Å². The zero-order chi connectivity index (χ0) is 20.9. The molecule has 0 saturated carbocycles. The zero-order valence-corrected chi connectivity index (χ0v) is 17.5. The minimum Gasteiger partial charge on any atom is -0.399 e. The lowest BCUT2D eigenvalue weighted by atomic mass is 10.3. The molecular formula is C14H18ClN3O6S3. The van der Waals surface area contributed by atoms with Gasteiger partial charge in [0.2, 0.25) is 20.0 Å². The van der Waals surface area contributed by atoms with Gasteiger partial charge in [0.15, 0.2) is 0 Å². The monoisotopic (exact) mass is 455 g/mol. The van der Waals surface area contributed by atoms with Crippen LogP contribution in [0, 0.1) is 0 Å². The molecule has 0 radical (unpaired) electrons. The molecule has 0 spiro atoms. The van der Waals surface area contributed by atoms with Crippen LogP contribution in [0.2, 0.25) is 0 Å². The first-order valence-corrected chi connectivity index (χ1v) is 13.1. The maximum Gasteiger partial charge on any atom is 0.261 e. The van der Waals surface area contributed by atoms with E-state index in [1.54, 1.807) is 24.3 Å². The van der Waals surface area contributed by atoms with E-state index in [1.807, 2.05) is 0 Å². The molecule has 2 aromatic carbocycles. The molecule has 0 fully saturated rings. The lowest BCUT2D eigenvalue weighted by molar-refractivity contribution is 0.605. The van der Waals surface area contributed by atoms with E-state index in [-0.39, 0.29) is 10.6 Å². The third-order valence-electron chi connectivity index (χ3n) is 2.61. The summed E-state index contributed by atoms with van der Waals surface area (Å²) in [4.78, 5) is -0.155. The van der Waals surface area contributed by atoms with Gasteiger partial charge in [-0.2, -0.15) is 0 Å². The number of hydrogen-bond acceptors (Lipinski definition) is 7. The van der Waals surface area contributed by atoms with Gasteiger partial charge in [-0.3, -0.25) is 9.44 Å². The van der Waals surface area contributed by atoms with Crippen molar-refractivity contribution in [2.75, 3.05) is 27.7 Å². The predicted molar refractivity (Wildman–Crippen MR) is 107 cm³/mol. The number of hydrogen-bond donors (Lipinski definition) is 3. The Morgan fingerprint density at radius 3 is 1.63 bits per heavy atom. The van der Waals surface area contributed by atoms with E-state index >= 15 is 0 Å². The Hall–Kier alpha value is -2.02. The van der Waals surface area contributed by atoms with Crippen molar-refractivity contribution in [2.24, 2.45) is 0 Å². The van der Waals surface area contributed by atoms with Gasteiger partial charge < -0.3 is 5.73 Å². The lowest BCUT2D eigenvalue weighted by Crippen LogP contribution is -2.09. The van der Waals surface area contributed by atoms with Crippen molar-refractivity contribution in [1.29, 1.82) is 0 Å². The summed E-state index contributed by atoms with van der Waals surface area (Å²) >= 11 is 0. The van der Waals surface area contributed by atoms with Gasteiger partial charge in [-0.25, -0.2) is 25.3 Å². The summed E-state index contributed by atoms with van der Waals surface area (Å²) in [5, 5.41) is 0. The molecule has 2 aromatic rings. The highest BCUT2D eigenvalue weighted by molar-refractivity contribution is 8.13. The number of nitrogen functional groups attached to an aromatic ring is 1. The quantitative estimate of drug-likeness (QED) is 0.457. The number of sulfonamides is 2. The van der Waals surface area contributed by atoms with Crippen molar-refractivity contribution in [3.63, 3.8) is 0 Å². The van der Waals surface area contributed by atoms with E-state index in [1.165, 1.54) is 18.2 Å². The molecule has 0 aliphatic carbocycles. The van der Waals surface area contributed by atoms with E-state index in [9.17, 15) is 25.3 Å². The largest absolute Gasteiger partial charge is 0.399 e. The Balaban J connectivity index is 0.000000277. The van der Waals surface area contributed by atoms with E-state index < -0.39 is 29.1 Å². The van der Waals surface area contributed by atoms with Gasteiger partial charge in [0, 0.05) is 22.1 Å². The van der Waals surface area contributed by atoms with E-state index in [0.29, 0.717) is 11.4 Å². The Morgan fingerprint density at radius 2 is 1.22 bits per heavy atom. The molecule has 0 amide bonds. The summed E-state index contributed by atoms with van der Waals surface area (Å²) in [5.41, 5.74) is 6.61. The summed E-state index contributed by atoms with van der Waals surface area (Å²) in [5.74, 6) is 0. The van der Waals surface area contributed by atoms with Crippen molar-refractivity contribution >= 4 is 56.8 Å². The van der Waals surface area contributed by atoms with Gasteiger partial charge in [-0.1, -0.05) is 12.1 Å². The fraction of sp³-hybridized carbons (Fsp3) is 0.143. The Morgan fingerprint density at radius 1 is 0.778 bits per heavy atom. The molecule has 0 saturated heterocycles. The Labute approximate surface area is 163 Å². The van der Waals surface area contributed by atoms with Gasteiger partial charge in [0.05, 0.1) is 23.1 Å². The Kier molecular flexibility index (Phi) is 7.48. The predicted octanol–water partition coefficient (Wildman–Crippen LogP) is 1.63. The molecule has 150 valence electrons. The summed E-state index contributed by atoms with van der Waals surface area (Å²) < 4.78 is 69.6. The number of benzene rings is 2. The van der Waals surface area contributed by atoms with Gasteiger partial charge in [-0.05, 0) is 36.4 Å². The van der Waals surface area contributed by atoms with E-state index in [2.05, 4.69) is 9.44 Å². The first kappa shape index (κ1) is 23.0. The third kappa shape index (κ3) is 10.0. The van der Waals surface area contributed by atoms with Crippen molar-refractivity contribution in [2.45, 2.75) is 4.90 Å². The number of nitrogens with two attached hydrogens (primary N) is 1. The second-order valence-electron chi connectivity index (χ2n) is 5.34. The minimum absolute atomic E-state index is 0.152. The van der Waals surface area contributed by atoms with Crippen molar-refractivity contribution < 1.29 is 25.3 Å². The van der Waals surface area contributed by atoms with Crippen LogP contribution >= 0.6 is 10.7 Å². The van der Waals surface area contributed by atoms with Gasteiger partial charge in [0.25, 0.3) is 9.05 Å². The molecular weight excluding hydrogens is 438 g/mol. The zero-order valence-electron chi connectivity index (χ0n) is 14.2. The highest BCUT2D eigenvalue weighted by Crippen LogP contribution is 2.19. The molecule has 4 N–H and O–H groups in total. The summed E-state index contributed by atoms with van der Waals surface area (Å²) in [6, 6.07) is 11.8. The second kappa shape index (κ2) is 8.78. The summed E-state index contributed by atoms with van der Waals surface area (Å²) in [7, 11) is -5.37. The van der Waals surface area contributed by atoms with Crippen molar-refractivity contribution in [3.8, 4) is 0 Å². The van der Waals surface area contributed by atoms with Gasteiger partial charge in [-0.15, -0.1) is 0 Å². The van der Waals surface area contributed by atoms with E-state index in [4.69, 9.17) is 16.4 Å². The second-order valence-corrected chi connectivity index (χ2v) is 11.4. The topological polar surface area (TPSA) is 152 Å². The molecule has 2 rings (SSSR count). The molecule has 0 aliphatic rings. The Bertz CT molecular complexity index is 1120. The number of nitrogens with one attached hydrogen (secondary N) is 2. The van der Waals surface area contributed by atoms with Crippen LogP contribution < -0.4 is 15.2 Å². The third-order valence-corrected chi connectivity index (χ3v) is 5.17. The maximum absolute atomic E-state index is 10.9. The fourth-order valence-electron chi connectivity index (χ4n) is 1.74. The smallest absolute Gasteiger partial charge is 0.261 e. The molecule has 9 nitrogen and oxygen atoms in total. The first-order chi connectivity index (χ1) is 12.2. The fourth-order valence-corrected chi connectivity index (χ4v) is 3.65. The molecule has 0 aromatic heterocycles. The van der Waals surface area contributed by atoms with Gasteiger partial charge >= 0.3 is 0 Å². The normalized spacial score (nSPS) is 11.8.